The van der Waals surface area contributed by atoms with E-state index in [-0.39, 0.29) is 18.6 Å². The Bertz CT molecular complexity index is 410. The summed E-state index contributed by atoms with van der Waals surface area (Å²) < 4.78 is 1.62. The maximum Gasteiger partial charge on any atom is 0.242 e. The zero-order valence-corrected chi connectivity index (χ0v) is 10.6. The number of aromatic nitrogens is 2. The van der Waals surface area contributed by atoms with E-state index in [0.29, 0.717) is 12.4 Å². The van der Waals surface area contributed by atoms with Gasteiger partial charge in [-0.25, -0.2) is 4.68 Å². The molecule has 1 aliphatic heterocycles. The van der Waals surface area contributed by atoms with Crippen molar-refractivity contribution in [2.75, 3.05) is 18.5 Å². The number of aliphatic hydroxyl groups excluding tert-OH is 1. The van der Waals surface area contributed by atoms with Crippen LogP contribution in [0.5, 0.6) is 0 Å². The van der Waals surface area contributed by atoms with E-state index in [1.165, 1.54) is 0 Å². The molecule has 0 aromatic carbocycles. The van der Waals surface area contributed by atoms with E-state index in [1.807, 2.05) is 13.0 Å². The third-order valence-corrected chi connectivity index (χ3v) is 3.09. The van der Waals surface area contributed by atoms with Gasteiger partial charge in [0.25, 0.3) is 0 Å². The van der Waals surface area contributed by atoms with Gasteiger partial charge in [0, 0.05) is 6.07 Å². The largest absolute Gasteiger partial charge is 0.394 e. The highest BCUT2D eigenvalue weighted by molar-refractivity contribution is 5.94. The van der Waals surface area contributed by atoms with E-state index in [9.17, 15) is 4.79 Å². The van der Waals surface area contributed by atoms with Crippen LogP contribution in [-0.2, 0) is 11.3 Å². The number of piperidine rings is 1. The highest BCUT2D eigenvalue weighted by Crippen LogP contribution is 2.13. The average molecular weight is 252 g/mol. The highest BCUT2D eigenvalue weighted by Gasteiger charge is 2.21. The molecule has 2 heterocycles. The molecule has 1 amide bonds. The summed E-state index contributed by atoms with van der Waals surface area (Å²) in [5.41, 5.74) is 0.829. The summed E-state index contributed by atoms with van der Waals surface area (Å²) in [6.45, 7) is 3.16. The molecule has 1 unspecified atom stereocenters. The number of nitrogens with one attached hydrogen (secondary N) is 2. The first-order chi connectivity index (χ1) is 8.70. The Balaban J connectivity index is 2.01. The van der Waals surface area contributed by atoms with Crippen LogP contribution >= 0.6 is 0 Å². The van der Waals surface area contributed by atoms with Crippen molar-refractivity contribution in [3.05, 3.63) is 11.8 Å². The van der Waals surface area contributed by atoms with Crippen molar-refractivity contribution in [2.45, 2.75) is 38.8 Å². The van der Waals surface area contributed by atoms with Crippen molar-refractivity contribution >= 4 is 11.7 Å². The molecule has 2 rings (SSSR count). The zero-order chi connectivity index (χ0) is 13.0. The Morgan fingerprint density at radius 2 is 2.50 bits per heavy atom. The molecule has 1 aromatic rings. The van der Waals surface area contributed by atoms with Gasteiger partial charge >= 0.3 is 0 Å². The van der Waals surface area contributed by atoms with E-state index in [1.54, 1.807) is 4.68 Å². The Kier molecular flexibility index (Phi) is 4.33. The molecule has 1 saturated heterocycles. The number of hydrogen-bond donors (Lipinski definition) is 3. The van der Waals surface area contributed by atoms with E-state index >= 15 is 0 Å². The van der Waals surface area contributed by atoms with Crippen LogP contribution < -0.4 is 10.6 Å². The SMILES string of the molecule is Cc1cc(NC(=O)C2CCCCN2)n(CCO)n1. The number of aliphatic hydroxyl groups is 1. The fourth-order valence-electron chi connectivity index (χ4n) is 2.20. The maximum atomic E-state index is 12.1. The molecule has 0 aliphatic carbocycles. The fourth-order valence-corrected chi connectivity index (χ4v) is 2.20. The maximum absolute atomic E-state index is 12.1. The molecule has 1 aliphatic rings. The first-order valence-electron chi connectivity index (χ1n) is 6.40. The third-order valence-electron chi connectivity index (χ3n) is 3.09. The van der Waals surface area contributed by atoms with Crippen molar-refractivity contribution in [2.24, 2.45) is 0 Å². The molecule has 3 N–H and O–H groups in total. The van der Waals surface area contributed by atoms with Crippen molar-refractivity contribution in [1.29, 1.82) is 0 Å². The van der Waals surface area contributed by atoms with Gasteiger partial charge < -0.3 is 15.7 Å². The van der Waals surface area contributed by atoms with Crippen molar-refractivity contribution in [3.8, 4) is 0 Å². The fraction of sp³-hybridized carbons (Fsp3) is 0.667. The number of carbonyl (C=O) groups is 1. The van der Waals surface area contributed by atoms with Gasteiger partial charge in [-0.05, 0) is 26.3 Å². The van der Waals surface area contributed by atoms with Crippen LogP contribution in [0.3, 0.4) is 0 Å². The minimum atomic E-state index is -0.114. The van der Waals surface area contributed by atoms with Gasteiger partial charge in [-0.2, -0.15) is 5.10 Å². The number of nitrogens with zero attached hydrogens (tertiary/aromatic N) is 2. The second-order valence-corrected chi connectivity index (χ2v) is 4.61. The van der Waals surface area contributed by atoms with E-state index in [2.05, 4.69) is 15.7 Å². The summed E-state index contributed by atoms with van der Waals surface area (Å²) >= 11 is 0. The Labute approximate surface area is 106 Å². The summed E-state index contributed by atoms with van der Waals surface area (Å²) in [6, 6.07) is 1.70. The van der Waals surface area contributed by atoms with Gasteiger partial charge in [-0.3, -0.25) is 4.79 Å². The van der Waals surface area contributed by atoms with Crippen molar-refractivity contribution < 1.29 is 9.90 Å². The molecule has 0 saturated carbocycles. The molecule has 1 atom stereocenters. The summed E-state index contributed by atoms with van der Waals surface area (Å²) in [5, 5.41) is 19.3. The molecule has 18 heavy (non-hydrogen) atoms. The minimum Gasteiger partial charge on any atom is -0.394 e. The normalized spacial score (nSPS) is 19.8. The minimum absolute atomic E-state index is 0.00562. The molecule has 100 valence electrons. The standard InChI is InChI=1S/C12H20N4O2/c1-9-8-11(16(15-9)6-7-17)14-12(18)10-4-2-3-5-13-10/h8,10,13,17H,2-7H2,1H3,(H,14,18). The van der Waals surface area contributed by atoms with Crippen LogP contribution in [0.25, 0.3) is 0 Å². The highest BCUT2D eigenvalue weighted by atomic mass is 16.3. The number of carbonyl (C=O) groups excluding carboxylic acids is 1. The van der Waals surface area contributed by atoms with E-state index in [4.69, 9.17) is 5.11 Å². The van der Waals surface area contributed by atoms with Gasteiger partial charge in [0.1, 0.15) is 5.82 Å². The Morgan fingerprint density at radius 3 is 3.17 bits per heavy atom. The lowest BCUT2D eigenvalue weighted by molar-refractivity contribution is -0.118. The summed E-state index contributed by atoms with van der Waals surface area (Å²) in [4.78, 5) is 12.1. The number of rotatable bonds is 4. The molecule has 6 heteroatoms. The van der Waals surface area contributed by atoms with Crippen LogP contribution in [-0.4, -0.2) is 40.0 Å². The van der Waals surface area contributed by atoms with Crippen molar-refractivity contribution in [3.63, 3.8) is 0 Å². The predicted molar refractivity (Wildman–Crippen MR) is 68.3 cm³/mol. The second kappa shape index (κ2) is 5.97. The van der Waals surface area contributed by atoms with Crippen LogP contribution in [0, 0.1) is 6.92 Å². The topological polar surface area (TPSA) is 79.2 Å². The van der Waals surface area contributed by atoms with E-state index in [0.717, 1.165) is 31.5 Å². The summed E-state index contributed by atoms with van der Waals surface area (Å²) in [6.07, 6.45) is 3.09. The summed E-state index contributed by atoms with van der Waals surface area (Å²) in [7, 11) is 0. The number of hydrogen-bond acceptors (Lipinski definition) is 4. The number of amides is 1. The number of aryl methyl sites for hydroxylation is 1. The van der Waals surface area contributed by atoms with Crippen LogP contribution in [0.1, 0.15) is 25.0 Å². The van der Waals surface area contributed by atoms with Crippen LogP contribution in [0.15, 0.2) is 6.07 Å². The van der Waals surface area contributed by atoms with Crippen molar-refractivity contribution in [1.82, 2.24) is 15.1 Å². The van der Waals surface area contributed by atoms with Gasteiger partial charge in [-0.15, -0.1) is 0 Å². The molecule has 1 aromatic heterocycles. The van der Waals surface area contributed by atoms with E-state index < -0.39 is 0 Å². The molecule has 6 nitrogen and oxygen atoms in total. The zero-order valence-electron chi connectivity index (χ0n) is 10.6. The second-order valence-electron chi connectivity index (χ2n) is 4.61. The third kappa shape index (κ3) is 3.08. The lowest BCUT2D eigenvalue weighted by Crippen LogP contribution is -2.43. The molecule has 1 fully saturated rings. The summed E-state index contributed by atoms with van der Waals surface area (Å²) in [5.74, 6) is 0.632. The van der Waals surface area contributed by atoms with Gasteiger partial charge in [0.2, 0.25) is 5.91 Å². The van der Waals surface area contributed by atoms with Gasteiger partial charge in [0.05, 0.1) is 24.9 Å². The first kappa shape index (κ1) is 13.0. The monoisotopic (exact) mass is 252 g/mol. The first-order valence-corrected chi connectivity index (χ1v) is 6.40. The molecule has 0 bridgehead atoms. The predicted octanol–water partition coefficient (Wildman–Crippen LogP) is 0.264. The van der Waals surface area contributed by atoms with Crippen LogP contribution in [0.4, 0.5) is 5.82 Å². The quantitative estimate of drug-likeness (QED) is 0.718. The Hall–Kier alpha value is -1.40. The van der Waals surface area contributed by atoms with Crippen LogP contribution in [0.2, 0.25) is 0 Å². The number of anilines is 1. The molecular weight excluding hydrogens is 232 g/mol. The molecular formula is C12H20N4O2. The molecule has 0 radical (unpaired) electrons. The smallest absolute Gasteiger partial charge is 0.242 e. The Morgan fingerprint density at radius 1 is 1.67 bits per heavy atom. The average Bonchev–Trinajstić information content (AvgIpc) is 2.71. The lowest BCUT2D eigenvalue weighted by Gasteiger charge is -2.22. The lowest BCUT2D eigenvalue weighted by atomic mass is 10.0. The van der Waals surface area contributed by atoms with Gasteiger partial charge in [0.15, 0.2) is 0 Å². The van der Waals surface area contributed by atoms with Gasteiger partial charge in [-0.1, -0.05) is 6.42 Å². The molecule has 0 spiro atoms.